The number of carboxylic acids is 1. The molecule has 1 unspecified atom stereocenters. The molecule has 1 fully saturated rings. The van der Waals surface area contributed by atoms with Gasteiger partial charge in [0, 0.05) is 12.7 Å². The first kappa shape index (κ1) is 15.3. The predicted octanol–water partition coefficient (Wildman–Crippen LogP) is 1.97. The van der Waals surface area contributed by atoms with Gasteiger partial charge >= 0.3 is 5.97 Å². The number of hydrogen-bond donors (Lipinski definition) is 1. The van der Waals surface area contributed by atoms with Gasteiger partial charge in [0.2, 0.25) is 0 Å². The summed E-state index contributed by atoms with van der Waals surface area (Å²) in [6, 6.07) is 0. The average Bonchev–Trinajstić information content (AvgIpc) is 2.44. The van der Waals surface area contributed by atoms with Gasteiger partial charge < -0.3 is 14.7 Å². The number of ether oxygens (including phenoxy) is 1. The molecule has 2 heterocycles. The molecule has 1 N–H and O–H groups in total. The van der Waals surface area contributed by atoms with Crippen molar-refractivity contribution in [3.63, 3.8) is 0 Å². The van der Waals surface area contributed by atoms with Crippen LogP contribution >= 0.6 is 34.8 Å². The van der Waals surface area contributed by atoms with Crippen molar-refractivity contribution in [1.82, 2.24) is 9.88 Å². The molecule has 0 saturated carbocycles. The van der Waals surface area contributed by atoms with E-state index in [4.69, 9.17) is 44.6 Å². The maximum atomic E-state index is 12.3. The third-order valence-electron chi connectivity index (χ3n) is 2.75. The maximum absolute atomic E-state index is 12.3. The van der Waals surface area contributed by atoms with E-state index in [1.807, 2.05) is 0 Å². The van der Waals surface area contributed by atoms with E-state index in [0.717, 1.165) is 0 Å². The molecule has 9 heteroatoms. The molecule has 0 radical (unpaired) electrons. The zero-order chi connectivity index (χ0) is 14.9. The summed E-state index contributed by atoms with van der Waals surface area (Å²) in [6.45, 7) is 0.301. The Morgan fingerprint density at radius 2 is 2.05 bits per heavy atom. The summed E-state index contributed by atoms with van der Waals surface area (Å²) in [7, 11) is 0. The standard InChI is InChI=1S/C11H9Cl3N2O4/c12-5-3-15-9(8(14)7(5)13)10(17)16-1-2-20-6(4-16)11(18)19/h3,6H,1-2,4H2,(H,18,19). The van der Waals surface area contributed by atoms with Crippen molar-refractivity contribution < 1.29 is 19.4 Å². The van der Waals surface area contributed by atoms with Crippen LogP contribution in [0.2, 0.25) is 15.1 Å². The van der Waals surface area contributed by atoms with Crippen molar-refractivity contribution in [2.24, 2.45) is 0 Å². The molecule has 1 aromatic rings. The number of carboxylic acid groups (broad SMARTS) is 1. The molecule has 0 aliphatic carbocycles. The fourth-order valence-electron chi connectivity index (χ4n) is 1.73. The highest BCUT2D eigenvalue weighted by Crippen LogP contribution is 2.31. The van der Waals surface area contributed by atoms with Crippen molar-refractivity contribution in [3.05, 3.63) is 27.0 Å². The fraction of sp³-hybridized carbons (Fsp3) is 0.364. The molecule has 6 nitrogen and oxygen atoms in total. The second-order valence-electron chi connectivity index (χ2n) is 4.03. The van der Waals surface area contributed by atoms with Gasteiger partial charge in [0.25, 0.3) is 5.91 Å². The molecule has 1 atom stereocenters. The molecule has 1 aromatic heterocycles. The lowest BCUT2D eigenvalue weighted by Crippen LogP contribution is -2.48. The van der Waals surface area contributed by atoms with Crippen LogP contribution in [0, 0.1) is 0 Å². The molecule has 2 rings (SSSR count). The second-order valence-corrected chi connectivity index (χ2v) is 5.19. The summed E-state index contributed by atoms with van der Waals surface area (Å²) in [4.78, 5) is 28.3. The van der Waals surface area contributed by atoms with Gasteiger partial charge in [-0.25, -0.2) is 9.78 Å². The highest BCUT2D eigenvalue weighted by molar-refractivity contribution is 6.48. The zero-order valence-corrected chi connectivity index (χ0v) is 12.2. The Kier molecular flexibility index (Phi) is 4.70. The van der Waals surface area contributed by atoms with E-state index in [-0.39, 0.29) is 40.5 Å². The lowest BCUT2D eigenvalue weighted by Gasteiger charge is -2.30. The first-order chi connectivity index (χ1) is 9.41. The lowest BCUT2D eigenvalue weighted by atomic mass is 10.2. The van der Waals surface area contributed by atoms with Gasteiger partial charge in [-0.2, -0.15) is 0 Å². The van der Waals surface area contributed by atoms with Crippen LogP contribution in [-0.4, -0.2) is 52.7 Å². The normalized spacial score (nSPS) is 18.9. The van der Waals surface area contributed by atoms with E-state index in [0.29, 0.717) is 0 Å². The second kappa shape index (κ2) is 6.13. The van der Waals surface area contributed by atoms with E-state index in [2.05, 4.69) is 4.98 Å². The molecule has 20 heavy (non-hydrogen) atoms. The summed E-state index contributed by atoms with van der Waals surface area (Å²) in [5, 5.41) is 9.02. The smallest absolute Gasteiger partial charge is 0.334 e. The van der Waals surface area contributed by atoms with E-state index in [9.17, 15) is 9.59 Å². The number of carbonyl (C=O) groups is 2. The van der Waals surface area contributed by atoms with Gasteiger partial charge in [-0.3, -0.25) is 4.79 Å². The van der Waals surface area contributed by atoms with Crippen molar-refractivity contribution in [1.29, 1.82) is 0 Å². The number of aliphatic carboxylic acids is 1. The number of hydrogen-bond acceptors (Lipinski definition) is 4. The summed E-state index contributed by atoms with van der Waals surface area (Å²) in [6.07, 6.45) is 0.159. The average molecular weight is 340 g/mol. The van der Waals surface area contributed by atoms with Gasteiger partial charge in [0.1, 0.15) is 5.69 Å². The van der Waals surface area contributed by atoms with Crippen LogP contribution in [0.1, 0.15) is 10.5 Å². The third-order valence-corrected chi connectivity index (χ3v) is 3.99. The minimum Gasteiger partial charge on any atom is -0.479 e. The third kappa shape index (κ3) is 2.98. The Bertz CT molecular complexity index is 567. The van der Waals surface area contributed by atoms with Crippen LogP contribution in [0.15, 0.2) is 6.20 Å². The number of carbonyl (C=O) groups excluding carboxylic acids is 1. The monoisotopic (exact) mass is 338 g/mol. The molecule has 0 bridgehead atoms. The molecule has 0 aromatic carbocycles. The summed E-state index contributed by atoms with van der Waals surface area (Å²) in [5.74, 6) is -1.64. The van der Waals surface area contributed by atoms with Crippen LogP contribution in [0.5, 0.6) is 0 Å². The number of aromatic nitrogens is 1. The van der Waals surface area contributed by atoms with Crippen molar-refractivity contribution >= 4 is 46.7 Å². The number of amides is 1. The first-order valence-corrected chi connectivity index (χ1v) is 6.68. The maximum Gasteiger partial charge on any atom is 0.334 e. The summed E-state index contributed by atoms with van der Waals surface area (Å²) in [5.41, 5.74) is -0.0629. The summed E-state index contributed by atoms with van der Waals surface area (Å²) >= 11 is 17.5. The quantitative estimate of drug-likeness (QED) is 0.891. The molecule has 1 amide bonds. The minimum absolute atomic E-state index is 0.0368. The molecular formula is C11H9Cl3N2O4. The highest BCUT2D eigenvalue weighted by Gasteiger charge is 2.31. The van der Waals surface area contributed by atoms with Gasteiger partial charge in [0.05, 0.1) is 28.2 Å². The van der Waals surface area contributed by atoms with E-state index >= 15 is 0 Å². The Hall–Kier alpha value is -1.08. The lowest BCUT2D eigenvalue weighted by molar-refractivity contribution is -0.154. The molecular weight excluding hydrogens is 330 g/mol. The molecule has 1 saturated heterocycles. The number of pyridine rings is 1. The van der Waals surface area contributed by atoms with E-state index < -0.39 is 18.0 Å². The highest BCUT2D eigenvalue weighted by atomic mass is 35.5. The Balaban J connectivity index is 2.23. The minimum atomic E-state index is -1.13. The largest absolute Gasteiger partial charge is 0.479 e. The molecule has 108 valence electrons. The van der Waals surface area contributed by atoms with Gasteiger partial charge in [0.15, 0.2) is 6.10 Å². The van der Waals surface area contributed by atoms with Gasteiger partial charge in [-0.1, -0.05) is 34.8 Å². The van der Waals surface area contributed by atoms with Gasteiger partial charge in [-0.05, 0) is 0 Å². The van der Waals surface area contributed by atoms with Crippen LogP contribution in [0.3, 0.4) is 0 Å². The SMILES string of the molecule is O=C(O)C1CN(C(=O)c2ncc(Cl)c(Cl)c2Cl)CCO1. The van der Waals surface area contributed by atoms with Crippen molar-refractivity contribution in [2.45, 2.75) is 6.10 Å². The Morgan fingerprint density at radius 1 is 1.35 bits per heavy atom. The predicted molar refractivity (Wildman–Crippen MR) is 72.5 cm³/mol. The Morgan fingerprint density at radius 3 is 2.70 bits per heavy atom. The van der Waals surface area contributed by atoms with Crippen molar-refractivity contribution in [3.8, 4) is 0 Å². The number of morpholine rings is 1. The zero-order valence-electron chi connectivity index (χ0n) is 9.98. The van der Waals surface area contributed by atoms with Crippen LogP contribution < -0.4 is 0 Å². The van der Waals surface area contributed by atoms with E-state index in [1.165, 1.54) is 11.1 Å². The Labute approximate surface area is 129 Å². The van der Waals surface area contributed by atoms with Crippen LogP contribution in [0.25, 0.3) is 0 Å². The van der Waals surface area contributed by atoms with Gasteiger partial charge in [-0.15, -0.1) is 0 Å². The summed E-state index contributed by atoms with van der Waals surface area (Å²) < 4.78 is 5.03. The molecule has 0 spiro atoms. The number of nitrogens with zero attached hydrogens (tertiary/aromatic N) is 2. The number of rotatable bonds is 2. The van der Waals surface area contributed by atoms with Crippen molar-refractivity contribution in [2.75, 3.05) is 19.7 Å². The molecule has 1 aliphatic rings. The van der Waals surface area contributed by atoms with Crippen LogP contribution in [-0.2, 0) is 9.53 Å². The van der Waals surface area contributed by atoms with Crippen LogP contribution in [0.4, 0.5) is 0 Å². The molecule has 1 aliphatic heterocycles. The topological polar surface area (TPSA) is 79.7 Å². The number of halogens is 3. The van der Waals surface area contributed by atoms with E-state index in [1.54, 1.807) is 0 Å². The first-order valence-electron chi connectivity index (χ1n) is 5.55. The fourth-order valence-corrected chi connectivity index (χ4v) is 2.29.